The molecule has 126 valence electrons. The third-order valence-corrected chi connectivity index (χ3v) is 4.92. The summed E-state index contributed by atoms with van der Waals surface area (Å²) in [6.45, 7) is 3.21. The van der Waals surface area contributed by atoms with Crippen LogP contribution in [0.2, 0.25) is 0 Å². The van der Waals surface area contributed by atoms with E-state index >= 15 is 0 Å². The highest BCUT2D eigenvalue weighted by atomic mass is 16.5. The largest absolute Gasteiger partial charge is 0.490 e. The summed E-state index contributed by atoms with van der Waals surface area (Å²) < 4.78 is 11.7. The smallest absolute Gasteiger partial charge is 0.165 e. The van der Waals surface area contributed by atoms with E-state index in [-0.39, 0.29) is 12.6 Å². The number of para-hydroxylation sites is 1. The zero-order valence-electron chi connectivity index (χ0n) is 13.8. The van der Waals surface area contributed by atoms with Crippen molar-refractivity contribution < 1.29 is 14.6 Å². The first-order valence-electron chi connectivity index (χ1n) is 8.67. The minimum atomic E-state index is 0.0394. The van der Waals surface area contributed by atoms with Gasteiger partial charge in [-0.25, -0.2) is 0 Å². The van der Waals surface area contributed by atoms with Gasteiger partial charge in [-0.15, -0.1) is 0 Å². The topological polar surface area (TPSA) is 41.9 Å². The first kappa shape index (κ1) is 15.5. The Morgan fingerprint density at radius 2 is 1.92 bits per heavy atom. The van der Waals surface area contributed by atoms with E-state index in [9.17, 15) is 5.11 Å². The van der Waals surface area contributed by atoms with Gasteiger partial charge >= 0.3 is 0 Å². The molecule has 24 heavy (non-hydrogen) atoms. The van der Waals surface area contributed by atoms with Crippen LogP contribution in [0.5, 0.6) is 11.5 Å². The molecule has 1 N–H and O–H groups in total. The summed E-state index contributed by atoms with van der Waals surface area (Å²) >= 11 is 0. The number of rotatable bonds is 3. The number of hydrogen-bond acceptors (Lipinski definition) is 4. The predicted octanol–water partition coefficient (Wildman–Crippen LogP) is 2.94. The first-order chi connectivity index (χ1) is 11.9. The van der Waals surface area contributed by atoms with Gasteiger partial charge in [0.1, 0.15) is 0 Å². The number of nitrogens with zero attached hydrogens (tertiary/aromatic N) is 1. The van der Waals surface area contributed by atoms with E-state index in [0.29, 0.717) is 13.2 Å². The van der Waals surface area contributed by atoms with Gasteiger partial charge < -0.3 is 14.6 Å². The van der Waals surface area contributed by atoms with Crippen molar-refractivity contribution in [3.8, 4) is 11.5 Å². The second kappa shape index (κ2) is 6.83. The fraction of sp³-hybridized carbons (Fsp3) is 0.400. The molecule has 2 aromatic rings. The lowest BCUT2D eigenvalue weighted by Crippen LogP contribution is -2.37. The second-order valence-corrected chi connectivity index (χ2v) is 6.41. The summed E-state index contributed by atoms with van der Waals surface area (Å²) in [5.74, 6) is 1.70. The van der Waals surface area contributed by atoms with Gasteiger partial charge in [0.05, 0.1) is 25.9 Å². The lowest BCUT2D eigenvalue weighted by atomic mass is 9.92. The maximum absolute atomic E-state index is 9.97. The van der Waals surface area contributed by atoms with Crippen molar-refractivity contribution in [1.82, 2.24) is 4.90 Å². The van der Waals surface area contributed by atoms with Crippen LogP contribution in [0.4, 0.5) is 0 Å². The lowest BCUT2D eigenvalue weighted by molar-refractivity contribution is 0.107. The van der Waals surface area contributed by atoms with Crippen molar-refractivity contribution in [2.24, 2.45) is 0 Å². The van der Waals surface area contributed by atoms with Crippen molar-refractivity contribution in [2.75, 3.05) is 26.4 Å². The summed E-state index contributed by atoms with van der Waals surface area (Å²) in [6.07, 6.45) is 1.92. The van der Waals surface area contributed by atoms with E-state index in [1.807, 2.05) is 12.1 Å². The number of aliphatic hydroxyl groups is 1. The molecule has 0 spiro atoms. The van der Waals surface area contributed by atoms with Gasteiger partial charge in [-0.1, -0.05) is 36.4 Å². The van der Waals surface area contributed by atoms with Gasteiger partial charge in [-0.2, -0.15) is 0 Å². The van der Waals surface area contributed by atoms with Crippen LogP contribution in [-0.2, 0) is 13.0 Å². The molecule has 4 nitrogen and oxygen atoms in total. The average molecular weight is 325 g/mol. The molecule has 0 amide bonds. The summed E-state index contributed by atoms with van der Waals surface area (Å²) in [4.78, 5) is 2.34. The molecule has 0 aliphatic carbocycles. The Labute approximate surface area is 142 Å². The first-order valence-corrected chi connectivity index (χ1v) is 8.67. The molecule has 2 aliphatic rings. The molecule has 2 aromatic carbocycles. The molecule has 0 aromatic heterocycles. The Morgan fingerprint density at radius 1 is 1.04 bits per heavy atom. The van der Waals surface area contributed by atoms with Gasteiger partial charge in [-0.3, -0.25) is 4.90 Å². The average Bonchev–Trinajstić information content (AvgIpc) is 2.88. The van der Waals surface area contributed by atoms with Gasteiger partial charge in [0.15, 0.2) is 11.5 Å². The highest BCUT2D eigenvalue weighted by Gasteiger charge is 2.27. The molecule has 2 heterocycles. The number of hydrogen-bond donors (Lipinski definition) is 1. The summed E-state index contributed by atoms with van der Waals surface area (Å²) in [7, 11) is 0. The molecule has 2 aliphatic heterocycles. The van der Waals surface area contributed by atoms with Crippen LogP contribution in [0.3, 0.4) is 0 Å². The minimum Gasteiger partial charge on any atom is -0.490 e. The highest BCUT2D eigenvalue weighted by molar-refractivity contribution is 5.47. The number of fused-ring (bicyclic) bond motifs is 2. The summed E-state index contributed by atoms with van der Waals surface area (Å²) in [5.41, 5.74) is 3.72. The number of benzene rings is 2. The van der Waals surface area contributed by atoms with Crippen molar-refractivity contribution in [2.45, 2.75) is 25.4 Å². The molecule has 0 fully saturated rings. The predicted molar refractivity (Wildman–Crippen MR) is 92.4 cm³/mol. The molecule has 1 atom stereocenters. The van der Waals surface area contributed by atoms with Gasteiger partial charge in [0.2, 0.25) is 0 Å². The molecule has 4 heteroatoms. The molecule has 4 rings (SSSR count). The maximum Gasteiger partial charge on any atom is 0.165 e. The van der Waals surface area contributed by atoms with Crippen molar-refractivity contribution in [1.29, 1.82) is 0 Å². The Balaban J connectivity index is 1.62. The Kier molecular flexibility index (Phi) is 4.41. The van der Waals surface area contributed by atoms with E-state index < -0.39 is 0 Å². The Hall–Kier alpha value is -2.04. The SMILES string of the molecule is OCC1c2ccccc2CCN1Cc1cccc2c1OCCCO2. The van der Waals surface area contributed by atoms with Crippen molar-refractivity contribution >= 4 is 0 Å². The van der Waals surface area contributed by atoms with Crippen LogP contribution in [-0.4, -0.2) is 36.4 Å². The van der Waals surface area contributed by atoms with E-state index in [0.717, 1.165) is 43.0 Å². The third kappa shape index (κ3) is 2.87. The Morgan fingerprint density at radius 3 is 2.83 bits per heavy atom. The van der Waals surface area contributed by atoms with Gasteiger partial charge in [0.25, 0.3) is 0 Å². The molecule has 0 bridgehead atoms. The Bertz CT molecular complexity index is 716. The van der Waals surface area contributed by atoms with Gasteiger partial charge in [-0.05, 0) is 23.6 Å². The van der Waals surface area contributed by atoms with Crippen LogP contribution >= 0.6 is 0 Å². The molecule has 0 saturated carbocycles. The van der Waals surface area contributed by atoms with E-state index in [2.05, 4.69) is 35.2 Å². The molecular weight excluding hydrogens is 302 g/mol. The minimum absolute atomic E-state index is 0.0394. The maximum atomic E-state index is 9.97. The standard InChI is InChI=1S/C20H23NO3/c22-14-18-17-7-2-1-5-15(17)9-10-21(18)13-16-6-3-8-19-20(16)24-12-4-11-23-19/h1-3,5-8,18,22H,4,9-14H2. The fourth-order valence-electron chi connectivity index (χ4n) is 3.70. The van der Waals surface area contributed by atoms with Crippen LogP contribution in [0, 0.1) is 0 Å². The normalized spacial score (nSPS) is 20.3. The third-order valence-electron chi connectivity index (χ3n) is 4.92. The highest BCUT2D eigenvalue weighted by Crippen LogP contribution is 2.36. The monoisotopic (exact) mass is 325 g/mol. The lowest BCUT2D eigenvalue weighted by Gasteiger charge is -2.36. The van der Waals surface area contributed by atoms with Crippen molar-refractivity contribution in [3.63, 3.8) is 0 Å². The van der Waals surface area contributed by atoms with Gasteiger partial charge in [0, 0.05) is 25.1 Å². The zero-order valence-corrected chi connectivity index (χ0v) is 13.8. The van der Waals surface area contributed by atoms with Crippen LogP contribution in [0.15, 0.2) is 42.5 Å². The van der Waals surface area contributed by atoms with Crippen molar-refractivity contribution in [3.05, 3.63) is 59.2 Å². The second-order valence-electron chi connectivity index (χ2n) is 6.41. The van der Waals surface area contributed by atoms with Crippen LogP contribution in [0.25, 0.3) is 0 Å². The fourth-order valence-corrected chi connectivity index (χ4v) is 3.70. The quantitative estimate of drug-likeness (QED) is 0.942. The molecule has 0 saturated heterocycles. The summed E-state index contributed by atoms with van der Waals surface area (Å²) in [5, 5.41) is 9.97. The van der Waals surface area contributed by atoms with Crippen LogP contribution in [0.1, 0.15) is 29.2 Å². The molecule has 1 unspecified atom stereocenters. The number of aliphatic hydroxyl groups excluding tert-OH is 1. The molecule has 0 radical (unpaired) electrons. The van der Waals surface area contributed by atoms with E-state index in [4.69, 9.17) is 9.47 Å². The molecular formula is C20H23NO3. The van der Waals surface area contributed by atoms with E-state index in [1.54, 1.807) is 0 Å². The zero-order chi connectivity index (χ0) is 16.4. The van der Waals surface area contributed by atoms with E-state index in [1.165, 1.54) is 11.1 Å². The number of ether oxygens (including phenoxy) is 2. The summed E-state index contributed by atoms with van der Waals surface area (Å²) in [6, 6.07) is 14.6. The van der Waals surface area contributed by atoms with Crippen LogP contribution < -0.4 is 9.47 Å².